The minimum atomic E-state index is -0.459. The SMILES string of the molecule is COc1cc(Cn2ccnc2)ccc1[N+](=O)[O-]. The summed E-state index contributed by atoms with van der Waals surface area (Å²) in [5, 5.41) is 10.7. The second-order valence-corrected chi connectivity index (χ2v) is 3.50. The van der Waals surface area contributed by atoms with E-state index < -0.39 is 4.92 Å². The minimum absolute atomic E-state index is 0.0260. The molecule has 6 nitrogen and oxygen atoms in total. The van der Waals surface area contributed by atoms with Crippen LogP contribution in [0, 0.1) is 10.1 Å². The smallest absolute Gasteiger partial charge is 0.310 e. The van der Waals surface area contributed by atoms with E-state index in [1.807, 2.05) is 10.8 Å². The average molecular weight is 233 g/mol. The fourth-order valence-electron chi connectivity index (χ4n) is 1.56. The Balaban J connectivity index is 2.28. The molecular weight excluding hydrogens is 222 g/mol. The highest BCUT2D eigenvalue weighted by Crippen LogP contribution is 2.27. The zero-order valence-electron chi connectivity index (χ0n) is 9.24. The van der Waals surface area contributed by atoms with Gasteiger partial charge in [-0.1, -0.05) is 6.07 Å². The Morgan fingerprint density at radius 3 is 2.94 bits per heavy atom. The first-order valence-electron chi connectivity index (χ1n) is 4.98. The highest BCUT2D eigenvalue weighted by Gasteiger charge is 2.14. The maximum absolute atomic E-state index is 10.7. The molecule has 0 aliphatic heterocycles. The van der Waals surface area contributed by atoms with Gasteiger partial charge in [-0.05, 0) is 11.6 Å². The Labute approximate surface area is 97.6 Å². The Bertz CT molecular complexity index is 523. The molecule has 0 aliphatic carbocycles. The lowest BCUT2D eigenvalue weighted by Crippen LogP contribution is -1.99. The fraction of sp³-hybridized carbons (Fsp3) is 0.182. The van der Waals surface area contributed by atoms with Crippen molar-refractivity contribution in [1.29, 1.82) is 0 Å². The molecule has 0 N–H and O–H groups in total. The van der Waals surface area contributed by atoms with Gasteiger partial charge < -0.3 is 9.30 Å². The van der Waals surface area contributed by atoms with E-state index in [9.17, 15) is 10.1 Å². The number of nitro benzene ring substituents is 1. The summed E-state index contributed by atoms with van der Waals surface area (Å²) >= 11 is 0. The van der Waals surface area contributed by atoms with Crippen molar-refractivity contribution < 1.29 is 9.66 Å². The van der Waals surface area contributed by atoms with Crippen molar-refractivity contribution in [3.8, 4) is 5.75 Å². The quantitative estimate of drug-likeness (QED) is 0.596. The maximum Gasteiger partial charge on any atom is 0.310 e. The van der Waals surface area contributed by atoms with E-state index in [-0.39, 0.29) is 11.4 Å². The summed E-state index contributed by atoms with van der Waals surface area (Å²) in [5.74, 6) is 0.271. The molecule has 0 aliphatic rings. The lowest BCUT2D eigenvalue weighted by atomic mass is 10.2. The molecule has 1 aromatic carbocycles. The maximum atomic E-state index is 10.7. The molecule has 0 atom stereocenters. The third-order valence-corrected chi connectivity index (χ3v) is 2.37. The van der Waals surface area contributed by atoms with E-state index in [0.29, 0.717) is 6.54 Å². The molecule has 0 spiro atoms. The van der Waals surface area contributed by atoms with Crippen LogP contribution in [0.4, 0.5) is 5.69 Å². The molecule has 1 heterocycles. The number of rotatable bonds is 4. The topological polar surface area (TPSA) is 70.2 Å². The van der Waals surface area contributed by atoms with Gasteiger partial charge >= 0.3 is 5.69 Å². The van der Waals surface area contributed by atoms with Crippen LogP contribution in [0.25, 0.3) is 0 Å². The number of hydrogen-bond donors (Lipinski definition) is 0. The largest absolute Gasteiger partial charge is 0.490 e. The number of benzene rings is 1. The molecule has 0 fully saturated rings. The number of nitro groups is 1. The van der Waals surface area contributed by atoms with Crippen molar-refractivity contribution >= 4 is 5.69 Å². The lowest BCUT2D eigenvalue weighted by Gasteiger charge is -2.06. The molecule has 6 heteroatoms. The predicted octanol–water partition coefficient (Wildman–Crippen LogP) is 1.85. The summed E-state index contributed by atoms with van der Waals surface area (Å²) in [4.78, 5) is 14.2. The summed E-state index contributed by atoms with van der Waals surface area (Å²) in [5.41, 5.74) is 0.896. The molecule has 88 valence electrons. The molecule has 1 aromatic heterocycles. The Kier molecular flexibility index (Phi) is 3.04. The summed E-state index contributed by atoms with van der Waals surface area (Å²) in [6.45, 7) is 0.606. The van der Waals surface area contributed by atoms with Crippen molar-refractivity contribution in [1.82, 2.24) is 9.55 Å². The van der Waals surface area contributed by atoms with Gasteiger partial charge in [0.1, 0.15) is 0 Å². The van der Waals surface area contributed by atoms with Gasteiger partial charge in [0.2, 0.25) is 0 Å². The van der Waals surface area contributed by atoms with Crippen LogP contribution in [-0.2, 0) is 6.54 Å². The third kappa shape index (κ3) is 2.41. The van der Waals surface area contributed by atoms with Crippen LogP contribution >= 0.6 is 0 Å². The van der Waals surface area contributed by atoms with E-state index >= 15 is 0 Å². The van der Waals surface area contributed by atoms with Crippen molar-refractivity contribution in [2.24, 2.45) is 0 Å². The highest BCUT2D eigenvalue weighted by atomic mass is 16.6. The third-order valence-electron chi connectivity index (χ3n) is 2.37. The van der Waals surface area contributed by atoms with E-state index in [0.717, 1.165) is 5.56 Å². The van der Waals surface area contributed by atoms with Gasteiger partial charge in [0.15, 0.2) is 5.75 Å². The van der Waals surface area contributed by atoms with Crippen molar-refractivity contribution in [2.75, 3.05) is 7.11 Å². The van der Waals surface area contributed by atoms with E-state index in [2.05, 4.69) is 4.98 Å². The molecule has 17 heavy (non-hydrogen) atoms. The van der Waals surface area contributed by atoms with Crippen LogP contribution < -0.4 is 4.74 Å². The first-order valence-corrected chi connectivity index (χ1v) is 4.98. The van der Waals surface area contributed by atoms with Crippen LogP contribution in [0.3, 0.4) is 0 Å². The Morgan fingerprint density at radius 1 is 1.53 bits per heavy atom. The summed E-state index contributed by atoms with van der Waals surface area (Å²) in [6, 6.07) is 4.82. The number of aromatic nitrogens is 2. The second-order valence-electron chi connectivity index (χ2n) is 3.50. The number of hydrogen-bond acceptors (Lipinski definition) is 4. The minimum Gasteiger partial charge on any atom is -0.490 e. The highest BCUT2D eigenvalue weighted by molar-refractivity contribution is 5.48. The number of methoxy groups -OCH3 is 1. The van der Waals surface area contributed by atoms with Crippen molar-refractivity contribution in [2.45, 2.75) is 6.54 Å². The second kappa shape index (κ2) is 4.65. The lowest BCUT2D eigenvalue weighted by molar-refractivity contribution is -0.385. The molecule has 0 unspecified atom stereocenters. The zero-order chi connectivity index (χ0) is 12.3. The molecule has 0 bridgehead atoms. The van der Waals surface area contributed by atoms with Crippen LogP contribution in [0.15, 0.2) is 36.9 Å². The van der Waals surface area contributed by atoms with E-state index in [1.165, 1.54) is 13.2 Å². The van der Waals surface area contributed by atoms with Gasteiger partial charge in [0, 0.05) is 25.0 Å². The summed E-state index contributed by atoms with van der Waals surface area (Å²) in [6.07, 6.45) is 5.20. The molecule has 0 amide bonds. The van der Waals surface area contributed by atoms with Crippen LogP contribution in [0.1, 0.15) is 5.56 Å². The zero-order valence-corrected chi connectivity index (χ0v) is 9.24. The van der Waals surface area contributed by atoms with Gasteiger partial charge in [0.25, 0.3) is 0 Å². The van der Waals surface area contributed by atoms with Gasteiger partial charge in [-0.25, -0.2) is 4.98 Å². The number of imidazole rings is 1. The van der Waals surface area contributed by atoms with Gasteiger partial charge in [-0.3, -0.25) is 10.1 Å². The van der Waals surface area contributed by atoms with Crippen LogP contribution in [0.5, 0.6) is 5.75 Å². The molecule has 0 saturated carbocycles. The first kappa shape index (κ1) is 11.1. The van der Waals surface area contributed by atoms with Gasteiger partial charge in [0.05, 0.1) is 18.4 Å². The standard InChI is InChI=1S/C11H11N3O3/c1-17-11-6-9(2-3-10(11)14(15)16)7-13-5-4-12-8-13/h2-6,8H,7H2,1H3. The Hall–Kier alpha value is -2.37. The van der Waals surface area contributed by atoms with Crippen molar-refractivity contribution in [3.63, 3.8) is 0 Å². The number of nitrogens with zero attached hydrogens (tertiary/aromatic N) is 3. The average Bonchev–Trinajstić information content (AvgIpc) is 2.81. The Morgan fingerprint density at radius 2 is 2.35 bits per heavy atom. The molecule has 2 rings (SSSR count). The predicted molar refractivity (Wildman–Crippen MR) is 61.0 cm³/mol. The van der Waals surface area contributed by atoms with E-state index in [1.54, 1.807) is 24.7 Å². The number of ether oxygens (including phenoxy) is 1. The molecule has 2 aromatic rings. The van der Waals surface area contributed by atoms with Gasteiger partial charge in [-0.15, -0.1) is 0 Å². The molecule has 0 radical (unpaired) electrons. The first-order chi connectivity index (χ1) is 8.20. The normalized spacial score (nSPS) is 10.2. The molecule has 0 saturated heterocycles. The van der Waals surface area contributed by atoms with Crippen LogP contribution in [-0.4, -0.2) is 21.6 Å². The monoisotopic (exact) mass is 233 g/mol. The van der Waals surface area contributed by atoms with E-state index in [4.69, 9.17) is 4.74 Å². The summed E-state index contributed by atoms with van der Waals surface area (Å²) < 4.78 is 6.88. The summed E-state index contributed by atoms with van der Waals surface area (Å²) in [7, 11) is 1.42. The fourth-order valence-corrected chi connectivity index (χ4v) is 1.56. The van der Waals surface area contributed by atoms with Crippen molar-refractivity contribution in [3.05, 3.63) is 52.6 Å². The van der Waals surface area contributed by atoms with Crippen LogP contribution in [0.2, 0.25) is 0 Å². The molecular formula is C11H11N3O3. The van der Waals surface area contributed by atoms with Gasteiger partial charge in [-0.2, -0.15) is 0 Å².